The Bertz CT molecular complexity index is 761. The second-order valence-corrected chi connectivity index (χ2v) is 7.55. The highest BCUT2D eigenvalue weighted by Gasteiger charge is 2.19. The smallest absolute Gasteiger partial charge is 0.133 e. The van der Waals surface area contributed by atoms with Crippen molar-refractivity contribution >= 4 is 15.9 Å². The van der Waals surface area contributed by atoms with E-state index in [4.69, 9.17) is 14.2 Å². The van der Waals surface area contributed by atoms with Gasteiger partial charge in [-0.2, -0.15) is 0 Å². The molecule has 6 heteroatoms. The minimum Gasteiger partial charge on any atom is -0.497 e. The number of rotatable bonds is 7. The molecule has 3 rings (SSSR count). The zero-order valence-electron chi connectivity index (χ0n) is 16.2. The average Bonchev–Trinajstić information content (AvgIpc) is 2.69. The van der Waals surface area contributed by atoms with E-state index in [0.717, 1.165) is 61.0 Å². The van der Waals surface area contributed by atoms with Crippen LogP contribution in [0, 0.1) is 0 Å². The van der Waals surface area contributed by atoms with Crippen molar-refractivity contribution < 1.29 is 14.2 Å². The maximum atomic E-state index is 5.51. The standard InChI is InChI=1S/C21H27BrN2O3/c1-25-18-5-7-20(26-2)17(13-18)15-24-10-8-23(9-11-24)14-16-4-6-21(27-3)19(22)12-16/h4-7,12-13H,8-11,14-15H2,1-3H3. The van der Waals surface area contributed by atoms with E-state index in [9.17, 15) is 0 Å². The number of benzene rings is 2. The minimum absolute atomic E-state index is 0.870. The van der Waals surface area contributed by atoms with Gasteiger partial charge in [0.1, 0.15) is 17.2 Å². The Hall–Kier alpha value is -1.76. The fraction of sp³-hybridized carbons (Fsp3) is 0.429. The summed E-state index contributed by atoms with van der Waals surface area (Å²) in [4.78, 5) is 4.96. The lowest BCUT2D eigenvalue weighted by molar-refractivity contribution is 0.121. The lowest BCUT2D eigenvalue weighted by Gasteiger charge is -2.35. The number of hydrogen-bond donors (Lipinski definition) is 0. The molecule has 146 valence electrons. The summed E-state index contributed by atoms with van der Waals surface area (Å²) in [6.45, 7) is 6.02. The van der Waals surface area contributed by atoms with Crippen LogP contribution >= 0.6 is 15.9 Å². The Labute approximate surface area is 169 Å². The topological polar surface area (TPSA) is 34.2 Å². The molecule has 2 aromatic carbocycles. The number of methoxy groups -OCH3 is 3. The van der Waals surface area contributed by atoms with Gasteiger partial charge in [0.2, 0.25) is 0 Å². The van der Waals surface area contributed by atoms with Crippen LogP contribution in [0.2, 0.25) is 0 Å². The first-order valence-electron chi connectivity index (χ1n) is 9.11. The van der Waals surface area contributed by atoms with Gasteiger partial charge in [-0.25, -0.2) is 0 Å². The monoisotopic (exact) mass is 434 g/mol. The van der Waals surface area contributed by atoms with Crippen molar-refractivity contribution in [2.45, 2.75) is 13.1 Å². The van der Waals surface area contributed by atoms with Crippen LogP contribution in [0.1, 0.15) is 11.1 Å². The van der Waals surface area contributed by atoms with Crippen molar-refractivity contribution in [1.29, 1.82) is 0 Å². The number of piperazine rings is 1. The summed E-state index contributed by atoms with van der Waals surface area (Å²) < 4.78 is 17.2. The molecule has 5 nitrogen and oxygen atoms in total. The quantitative estimate of drug-likeness (QED) is 0.661. The first-order chi connectivity index (χ1) is 13.1. The van der Waals surface area contributed by atoms with Crippen molar-refractivity contribution in [2.24, 2.45) is 0 Å². The zero-order valence-corrected chi connectivity index (χ0v) is 17.8. The third-order valence-corrected chi connectivity index (χ3v) is 5.59. The van der Waals surface area contributed by atoms with E-state index in [1.807, 2.05) is 18.2 Å². The van der Waals surface area contributed by atoms with E-state index in [2.05, 4.69) is 43.9 Å². The molecular weight excluding hydrogens is 408 g/mol. The van der Waals surface area contributed by atoms with Crippen LogP contribution in [0.15, 0.2) is 40.9 Å². The Kier molecular flexibility index (Phi) is 6.99. The van der Waals surface area contributed by atoms with Crippen LogP contribution in [0.4, 0.5) is 0 Å². The summed E-state index contributed by atoms with van der Waals surface area (Å²) in [6, 6.07) is 12.3. The zero-order chi connectivity index (χ0) is 19.2. The van der Waals surface area contributed by atoms with Crippen LogP contribution in [-0.4, -0.2) is 57.3 Å². The molecule has 1 aliphatic rings. The normalized spacial score (nSPS) is 15.6. The van der Waals surface area contributed by atoms with E-state index in [0.29, 0.717) is 0 Å². The number of halogens is 1. The van der Waals surface area contributed by atoms with Crippen LogP contribution in [0.3, 0.4) is 0 Å². The van der Waals surface area contributed by atoms with Gasteiger partial charge in [0.25, 0.3) is 0 Å². The molecule has 27 heavy (non-hydrogen) atoms. The SMILES string of the molecule is COc1ccc(OC)c(CN2CCN(Cc3ccc(OC)c(Br)c3)CC2)c1. The van der Waals surface area contributed by atoms with Gasteiger partial charge in [-0.15, -0.1) is 0 Å². The van der Waals surface area contributed by atoms with E-state index in [-0.39, 0.29) is 0 Å². The highest BCUT2D eigenvalue weighted by molar-refractivity contribution is 9.10. The van der Waals surface area contributed by atoms with Gasteiger partial charge in [-0.05, 0) is 51.8 Å². The summed E-state index contributed by atoms with van der Waals surface area (Å²) in [5.74, 6) is 2.66. The predicted molar refractivity (Wildman–Crippen MR) is 111 cm³/mol. The molecule has 0 amide bonds. The van der Waals surface area contributed by atoms with E-state index in [1.54, 1.807) is 21.3 Å². The number of nitrogens with zero attached hydrogens (tertiary/aromatic N) is 2. The molecule has 0 radical (unpaired) electrons. The summed E-state index contributed by atoms with van der Waals surface area (Å²) in [7, 11) is 5.11. The molecule has 0 spiro atoms. The van der Waals surface area contributed by atoms with Crippen molar-refractivity contribution in [3.63, 3.8) is 0 Å². The van der Waals surface area contributed by atoms with Gasteiger partial charge >= 0.3 is 0 Å². The maximum Gasteiger partial charge on any atom is 0.133 e. The molecule has 0 atom stereocenters. The molecule has 1 heterocycles. The van der Waals surface area contributed by atoms with E-state index in [1.165, 1.54) is 11.1 Å². The molecule has 0 aromatic heterocycles. The molecule has 1 fully saturated rings. The van der Waals surface area contributed by atoms with Gasteiger partial charge in [0, 0.05) is 44.8 Å². The molecule has 2 aromatic rings. The van der Waals surface area contributed by atoms with Gasteiger partial charge in [0.05, 0.1) is 25.8 Å². The molecular formula is C21H27BrN2O3. The van der Waals surface area contributed by atoms with Gasteiger partial charge < -0.3 is 14.2 Å². The lowest BCUT2D eigenvalue weighted by atomic mass is 10.1. The molecule has 0 bridgehead atoms. The highest BCUT2D eigenvalue weighted by Crippen LogP contribution is 2.27. The van der Waals surface area contributed by atoms with Gasteiger partial charge in [0.15, 0.2) is 0 Å². The summed E-state index contributed by atoms with van der Waals surface area (Å²) >= 11 is 3.57. The molecule has 1 aliphatic heterocycles. The van der Waals surface area contributed by atoms with Crippen molar-refractivity contribution in [2.75, 3.05) is 47.5 Å². The molecule has 0 N–H and O–H groups in total. The Morgan fingerprint density at radius 2 is 1.41 bits per heavy atom. The molecule has 1 saturated heterocycles. The second kappa shape index (κ2) is 9.44. The minimum atomic E-state index is 0.870. The van der Waals surface area contributed by atoms with E-state index < -0.39 is 0 Å². The highest BCUT2D eigenvalue weighted by atomic mass is 79.9. The summed E-state index contributed by atoms with van der Waals surface area (Å²) in [5.41, 5.74) is 2.47. The Morgan fingerprint density at radius 1 is 0.778 bits per heavy atom. The fourth-order valence-electron chi connectivity index (χ4n) is 3.42. The lowest BCUT2D eigenvalue weighted by Crippen LogP contribution is -2.45. The van der Waals surface area contributed by atoms with Gasteiger partial charge in [-0.3, -0.25) is 9.80 Å². The van der Waals surface area contributed by atoms with Gasteiger partial charge in [-0.1, -0.05) is 6.07 Å². The molecule has 0 saturated carbocycles. The van der Waals surface area contributed by atoms with Crippen molar-refractivity contribution in [1.82, 2.24) is 9.80 Å². The fourth-order valence-corrected chi connectivity index (χ4v) is 4.01. The van der Waals surface area contributed by atoms with Crippen LogP contribution in [0.5, 0.6) is 17.2 Å². The molecule has 0 unspecified atom stereocenters. The van der Waals surface area contributed by atoms with Crippen LogP contribution < -0.4 is 14.2 Å². The third kappa shape index (κ3) is 5.15. The third-order valence-electron chi connectivity index (χ3n) is 4.97. The van der Waals surface area contributed by atoms with Crippen molar-refractivity contribution in [3.8, 4) is 17.2 Å². The Balaban J connectivity index is 1.55. The van der Waals surface area contributed by atoms with E-state index >= 15 is 0 Å². The average molecular weight is 435 g/mol. The molecule has 0 aliphatic carbocycles. The number of hydrogen-bond acceptors (Lipinski definition) is 5. The first kappa shape index (κ1) is 20.0. The maximum absolute atomic E-state index is 5.51. The predicted octanol–water partition coefficient (Wildman–Crippen LogP) is 3.79. The summed E-state index contributed by atoms with van der Waals surface area (Å²) in [5, 5.41) is 0. The van der Waals surface area contributed by atoms with Crippen molar-refractivity contribution in [3.05, 3.63) is 52.0 Å². The first-order valence-corrected chi connectivity index (χ1v) is 9.90. The summed E-state index contributed by atoms with van der Waals surface area (Å²) in [6.07, 6.45) is 0. The number of ether oxygens (including phenoxy) is 3. The Morgan fingerprint density at radius 3 is 2.00 bits per heavy atom. The van der Waals surface area contributed by atoms with Crippen LogP contribution in [0.25, 0.3) is 0 Å². The largest absolute Gasteiger partial charge is 0.497 e. The second-order valence-electron chi connectivity index (χ2n) is 6.70. The van der Waals surface area contributed by atoms with Crippen LogP contribution in [-0.2, 0) is 13.1 Å².